The van der Waals surface area contributed by atoms with Crippen LogP contribution in [0.3, 0.4) is 0 Å². The first kappa shape index (κ1) is 18.6. The maximum atomic E-state index is 13.3. The summed E-state index contributed by atoms with van der Waals surface area (Å²) in [6.45, 7) is 13.1. The molecule has 7 fully saturated rings. The molecule has 9 atom stereocenters. The Morgan fingerprint density at radius 2 is 1.97 bits per heavy atom. The predicted molar refractivity (Wildman–Crippen MR) is 108 cm³/mol. The zero-order valence-corrected chi connectivity index (χ0v) is 19.2. The van der Waals surface area contributed by atoms with Gasteiger partial charge >= 0.3 is 11.9 Å². The predicted octanol–water partition coefficient (Wildman–Crippen LogP) is 3.69. The lowest BCUT2D eigenvalue weighted by atomic mass is 9.55. The lowest BCUT2D eigenvalue weighted by Gasteiger charge is -2.50. The molecular weight excluding hydrogens is 384 g/mol. The molecule has 6 bridgehead atoms. The zero-order chi connectivity index (χ0) is 20.8. The van der Waals surface area contributed by atoms with Gasteiger partial charge in [-0.2, -0.15) is 0 Å². The molecule has 0 aromatic rings. The van der Waals surface area contributed by atoms with E-state index in [-0.39, 0.29) is 40.7 Å². The number of carbonyl (C=O) groups is 2. The van der Waals surface area contributed by atoms with Crippen molar-refractivity contribution < 1.29 is 23.5 Å². The van der Waals surface area contributed by atoms with Crippen molar-refractivity contribution in [3.63, 3.8) is 0 Å². The van der Waals surface area contributed by atoms with Gasteiger partial charge in [0.15, 0.2) is 8.32 Å². The van der Waals surface area contributed by atoms with Crippen LogP contribution in [-0.4, -0.2) is 39.1 Å². The van der Waals surface area contributed by atoms with Crippen molar-refractivity contribution in [2.24, 2.45) is 39.9 Å². The number of rotatable bonds is 3. The third-order valence-electron chi connectivity index (χ3n) is 9.85. The second-order valence-corrected chi connectivity index (χ2v) is 16.4. The average molecular weight is 417 g/mol. The van der Waals surface area contributed by atoms with Gasteiger partial charge < -0.3 is 13.9 Å². The van der Waals surface area contributed by atoms with Crippen LogP contribution in [0.25, 0.3) is 0 Å². The summed E-state index contributed by atoms with van der Waals surface area (Å²) >= 11 is 0. The first-order chi connectivity index (χ1) is 13.5. The number of carbonyl (C=O) groups excluding carboxylic acids is 2. The van der Waals surface area contributed by atoms with E-state index < -0.39 is 19.3 Å². The molecule has 29 heavy (non-hydrogen) atoms. The summed E-state index contributed by atoms with van der Waals surface area (Å²) in [5.74, 6) is 0.186. The Morgan fingerprint density at radius 1 is 1.24 bits per heavy atom. The van der Waals surface area contributed by atoms with Crippen LogP contribution in [0.5, 0.6) is 0 Å². The molecule has 7 aliphatic rings. The summed E-state index contributed by atoms with van der Waals surface area (Å²) < 4.78 is 18.4. The smallest absolute Gasteiger partial charge is 0.312 e. The van der Waals surface area contributed by atoms with Crippen LogP contribution in [0.2, 0.25) is 19.6 Å². The van der Waals surface area contributed by atoms with Crippen molar-refractivity contribution in [3.8, 4) is 0 Å². The first-order valence-corrected chi connectivity index (χ1v) is 14.6. The number of esters is 2. The van der Waals surface area contributed by atoms with Crippen LogP contribution in [0.15, 0.2) is 12.2 Å². The van der Waals surface area contributed by atoms with Gasteiger partial charge in [0.2, 0.25) is 0 Å². The number of hydrogen-bond acceptors (Lipinski definition) is 5. The molecule has 0 amide bonds. The van der Waals surface area contributed by atoms with E-state index in [0.29, 0.717) is 18.3 Å². The molecule has 0 radical (unpaired) electrons. The van der Waals surface area contributed by atoms with E-state index in [9.17, 15) is 9.59 Å². The van der Waals surface area contributed by atoms with Crippen molar-refractivity contribution in [1.82, 2.24) is 0 Å². The lowest BCUT2D eigenvalue weighted by Crippen LogP contribution is -2.57. The Bertz CT molecular complexity index is 877. The van der Waals surface area contributed by atoms with Crippen molar-refractivity contribution in [2.75, 3.05) is 7.11 Å². The number of fused-ring (bicyclic) bond motifs is 1. The fraction of sp³-hybridized carbons (Fsp3) is 0.826. The van der Waals surface area contributed by atoms with Crippen molar-refractivity contribution in [3.05, 3.63) is 12.2 Å². The van der Waals surface area contributed by atoms with E-state index in [2.05, 4.69) is 26.2 Å². The molecule has 0 aromatic heterocycles. The molecule has 1 saturated heterocycles. The van der Waals surface area contributed by atoms with Gasteiger partial charge in [-0.3, -0.25) is 9.59 Å². The molecule has 1 heterocycles. The lowest BCUT2D eigenvalue weighted by molar-refractivity contribution is -0.163. The highest BCUT2D eigenvalue weighted by Crippen LogP contribution is 2.98. The molecule has 0 aromatic carbocycles. The number of ether oxygens (including phenoxy) is 2. The minimum absolute atomic E-state index is 0.0181. The summed E-state index contributed by atoms with van der Waals surface area (Å²) in [5.41, 5.74) is -0.217. The minimum atomic E-state index is -1.78. The monoisotopic (exact) mass is 416 g/mol. The molecule has 6 heteroatoms. The van der Waals surface area contributed by atoms with Gasteiger partial charge in [0, 0.05) is 29.3 Å². The molecule has 3 unspecified atom stereocenters. The number of methoxy groups -OCH3 is 1. The summed E-state index contributed by atoms with van der Waals surface area (Å²) in [6.07, 6.45) is 4.55. The fourth-order valence-corrected chi connectivity index (χ4v) is 10.8. The second kappa shape index (κ2) is 4.85. The molecule has 5 nitrogen and oxygen atoms in total. The van der Waals surface area contributed by atoms with Gasteiger partial charge in [0.05, 0.1) is 18.4 Å². The molecule has 2 spiro atoms. The highest BCUT2D eigenvalue weighted by atomic mass is 28.4. The Morgan fingerprint density at radius 3 is 2.62 bits per heavy atom. The van der Waals surface area contributed by atoms with E-state index >= 15 is 0 Å². The normalized spacial score (nSPS) is 56.0. The third kappa shape index (κ3) is 1.66. The molecule has 6 saturated carbocycles. The molecular formula is C23H32O5Si. The summed E-state index contributed by atoms with van der Waals surface area (Å²) in [7, 11) is -0.288. The van der Waals surface area contributed by atoms with E-state index in [4.69, 9.17) is 13.9 Å². The highest BCUT2D eigenvalue weighted by molar-refractivity contribution is 6.69. The molecule has 6 aliphatic carbocycles. The quantitative estimate of drug-likeness (QED) is 0.399. The fourth-order valence-electron chi connectivity index (χ4n) is 9.64. The molecule has 1 aliphatic heterocycles. The summed E-state index contributed by atoms with van der Waals surface area (Å²) in [4.78, 5) is 26.6. The van der Waals surface area contributed by atoms with Gasteiger partial charge in [0.25, 0.3) is 0 Å². The average Bonchev–Trinajstić information content (AvgIpc) is 3.02. The minimum Gasteiger partial charge on any atom is -0.469 e. The van der Waals surface area contributed by atoms with Gasteiger partial charge in [-0.1, -0.05) is 12.2 Å². The van der Waals surface area contributed by atoms with E-state index in [1.54, 1.807) is 0 Å². The highest BCUT2D eigenvalue weighted by Gasteiger charge is 3.01. The first-order valence-electron chi connectivity index (χ1n) is 11.2. The van der Waals surface area contributed by atoms with Gasteiger partial charge in [0.1, 0.15) is 5.60 Å². The molecule has 7 rings (SSSR count). The van der Waals surface area contributed by atoms with Gasteiger partial charge in [-0.25, -0.2) is 0 Å². The van der Waals surface area contributed by atoms with Crippen LogP contribution in [0.1, 0.15) is 39.0 Å². The van der Waals surface area contributed by atoms with E-state index in [0.717, 1.165) is 25.7 Å². The standard InChI is InChI=1S/C23H32O5Si/c1-12-13-7-8-22-16(12)21(22,9-13)15(18(24)26-3)17-20(2)10-14(28-29(4,5)6)11-23(17,22)27-19(20)25/h13-17H,1,7-11H2,2-6H3/t13?,14-,15+,16?,17+,20?,21+,22-,23-/m0/s1. The van der Waals surface area contributed by atoms with E-state index in [1.807, 2.05) is 6.92 Å². The number of hydrogen-bond donors (Lipinski definition) is 0. The molecule has 0 N–H and O–H groups in total. The van der Waals surface area contributed by atoms with E-state index in [1.165, 1.54) is 12.7 Å². The van der Waals surface area contributed by atoms with Crippen LogP contribution in [-0.2, 0) is 23.5 Å². The summed E-state index contributed by atoms with van der Waals surface area (Å²) in [6, 6.07) is 0. The van der Waals surface area contributed by atoms with Crippen LogP contribution >= 0.6 is 0 Å². The SMILES string of the molecule is C=C1C2CC[C@]34C1[C@@]3(C2)[C@@H](C(=O)OC)[C@@H]1C2(C)C[C@H](O[Si](C)(C)C)C[C@]14OC2=O. The maximum Gasteiger partial charge on any atom is 0.312 e. The van der Waals surface area contributed by atoms with Crippen LogP contribution in [0.4, 0.5) is 0 Å². The Kier molecular flexibility index (Phi) is 3.11. The van der Waals surface area contributed by atoms with Crippen molar-refractivity contribution in [2.45, 2.75) is 70.4 Å². The largest absolute Gasteiger partial charge is 0.469 e. The summed E-state index contributed by atoms with van der Waals surface area (Å²) in [5, 5.41) is 0. The van der Waals surface area contributed by atoms with Crippen LogP contribution in [0, 0.1) is 39.9 Å². The Balaban J connectivity index is 1.55. The molecule has 158 valence electrons. The third-order valence-corrected chi connectivity index (χ3v) is 10.9. The van der Waals surface area contributed by atoms with Crippen LogP contribution < -0.4 is 0 Å². The topological polar surface area (TPSA) is 61.8 Å². The maximum absolute atomic E-state index is 13.3. The van der Waals surface area contributed by atoms with Crippen molar-refractivity contribution in [1.29, 1.82) is 0 Å². The zero-order valence-electron chi connectivity index (χ0n) is 18.2. The Labute approximate surface area is 173 Å². The van der Waals surface area contributed by atoms with Gasteiger partial charge in [-0.05, 0) is 64.1 Å². The second-order valence-electron chi connectivity index (χ2n) is 11.9. The van der Waals surface area contributed by atoms with Crippen molar-refractivity contribution >= 4 is 20.3 Å². The van der Waals surface area contributed by atoms with Gasteiger partial charge in [-0.15, -0.1) is 0 Å². The number of allylic oxidation sites excluding steroid dienone is 1. The Hall–Kier alpha value is -1.14.